The Morgan fingerprint density at radius 1 is 1.26 bits per heavy atom. The topological polar surface area (TPSA) is 26.0 Å². The number of rotatable bonds is 4. The van der Waals surface area contributed by atoms with E-state index in [4.69, 9.17) is 5.73 Å². The van der Waals surface area contributed by atoms with Crippen molar-refractivity contribution < 1.29 is 4.39 Å². The monoisotopic (exact) mass is 339 g/mol. The van der Waals surface area contributed by atoms with Crippen molar-refractivity contribution in [3.63, 3.8) is 0 Å². The summed E-state index contributed by atoms with van der Waals surface area (Å²) in [5.41, 5.74) is 8.26. The van der Waals surface area contributed by atoms with Crippen LogP contribution in [0.1, 0.15) is 17.2 Å². The number of thioether (sulfide) groups is 1. The molecular formula is C15H15BrFNS. The number of benzene rings is 2. The molecule has 1 atom stereocenters. The van der Waals surface area contributed by atoms with Gasteiger partial charge in [-0.2, -0.15) is 0 Å². The van der Waals surface area contributed by atoms with E-state index >= 15 is 0 Å². The maximum atomic E-state index is 13.4. The molecule has 1 unspecified atom stereocenters. The molecule has 0 bridgehead atoms. The van der Waals surface area contributed by atoms with Crippen molar-refractivity contribution in [3.8, 4) is 0 Å². The second-order valence-electron chi connectivity index (χ2n) is 4.33. The molecule has 100 valence electrons. The van der Waals surface area contributed by atoms with Gasteiger partial charge in [0.1, 0.15) is 5.82 Å². The Labute approximate surface area is 125 Å². The minimum absolute atomic E-state index is 0.127. The summed E-state index contributed by atoms with van der Waals surface area (Å²) in [4.78, 5) is 1.17. The SMILES string of the molecule is CSc1ccccc1C(N)Cc1cc(F)cc(Br)c1. The Bertz CT molecular complexity index is 554. The summed E-state index contributed by atoms with van der Waals surface area (Å²) < 4.78 is 14.1. The van der Waals surface area contributed by atoms with Gasteiger partial charge in [-0.15, -0.1) is 11.8 Å². The number of halogens is 2. The Hall–Kier alpha value is -0.840. The van der Waals surface area contributed by atoms with E-state index in [1.165, 1.54) is 17.0 Å². The van der Waals surface area contributed by atoms with Crippen molar-refractivity contribution in [2.75, 3.05) is 6.26 Å². The number of hydrogen-bond acceptors (Lipinski definition) is 2. The molecule has 0 aliphatic heterocycles. The molecule has 4 heteroatoms. The van der Waals surface area contributed by atoms with Crippen LogP contribution in [-0.4, -0.2) is 6.26 Å². The maximum Gasteiger partial charge on any atom is 0.124 e. The van der Waals surface area contributed by atoms with Crippen LogP contribution in [0.25, 0.3) is 0 Å². The smallest absolute Gasteiger partial charge is 0.124 e. The van der Waals surface area contributed by atoms with E-state index in [-0.39, 0.29) is 11.9 Å². The van der Waals surface area contributed by atoms with Crippen LogP contribution in [0.15, 0.2) is 51.8 Å². The molecule has 2 N–H and O–H groups in total. The van der Waals surface area contributed by atoms with Crippen molar-refractivity contribution in [2.24, 2.45) is 5.73 Å². The van der Waals surface area contributed by atoms with Gasteiger partial charge in [-0.25, -0.2) is 4.39 Å². The van der Waals surface area contributed by atoms with Crippen molar-refractivity contribution in [1.29, 1.82) is 0 Å². The lowest BCUT2D eigenvalue weighted by atomic mass is 9.99. The second-order valence-corrected chi connectivity index (χ2v) is 6.09. The third kappa shape index (κ3) is 3.81. The molecule has 2 aromatic carbocycles. The van der Waals surface area contributed by atoms with Gasteiger partial charge in [0.2, 0.25) is 0 Å². The quantitative estimate of drug-likeness (QED) is 0.826. The molecular weight excluding hydrogens is 325 g/mol. The molecule has 0 amide bonds. The Balaban J connectivity index is 2.22. The number of nitrogens with two attached hydrogens (primary N) is 1. The standard InChI is InChI=1S/C15H15BrFNS/c1-19-15-5-3-2-4-13(15)14(18)8-10-6-11(16)9-12(17)7-10/h2-7,9,14H,8,18H2,1H3. The first-order chi connectivity index (χ1) is 9.10. The van der Waals surface area contributed by atoms with Crippen LogP contribution in [0.4, 0.5) is 4.39 Å². The molecule has 0 aromatic heterocycles. The zero-order valence-corrected chi connectivity index (χ0v) is 13.0. The van der Waals surface area contributed by atoms with Crippen LogP contribution >= 0.6 is 27.7 Å². The van der Waals surface area contributed by atoms with Crippen LogP contribution in [0.2, 0.25) is 0 Å². The fourth-order valence-electron chi connectivity index (χ4n) is 2.07. The highest BCUT2D eigenvalue weighted by atomic mass is 79.9. The van der Waals surface area contributed by atoms with Crippen LogP contribution in [0.5, 0.6) is 0 Å². The second kappa shape index (κ2) is 6.55. The van der Waals surface area contributed by atoms with Crippen molar-refractivity contribution >= 4 is 27.7 Å². The van der Waals surface area contributed by atoms with E-state index in [1.807, 2.05) is 30.5 Å². The third-order valence-electron chi connectivity index (χ3n) is 2.92. The third-order valence-corrected chi connectivity index (χ3v) is 4.19. The van der Waals surface area contributed by atoms with Gasteiger partial charge in [-0.3, -0.25) is 0 Å². The van der Waals surface area contributed by atoms with Gasteiger partial charge in [0.15, 0.2) is 0 Å². The van der Waals surface area contributed by atoms with Crippen LogP contribution < -0.4 is 5.73 Å². The molecule has 1 nitrogen and oxygen atoms in total. The molecule has 0 heterocycles. The summed E-state index contributed by atoms with van der Waals surface area (Å²) in [5.74, 6) is -0.241. The Kier molecular flexibility index (Phi) is 5.02. The molecule has 0 spiro atoms. The molecule has 0 saturated heterocycles. The Morgan fingerprint density at radius 2 is 2.00 bits per heavy atom. The summed E-state index contributed by atoms with van der Waals surface area (Å²) in [6.45, 7) is 0. The molecule has 0 fully saturated rings. The van der Waals surface area contributed by atoms with Gasteiger partial charge >= 0.3 is 0 Å². The fraction of sp³-hybridized carbons (Fsp3) is 0.200. The maximum absolute atomic E-state index is 13.4. The molecule has 2 aromatic rings. The Morgan fingerprint density at radius 3 is 2.68 bits per heavy atom. The summed E-state index contributed by atoms with van der Waals surface area (Å²) in [6.07, 6.45) is 2.65. The first-order valence-electron chi connectivity index (χ1n) is 5.93. The molecule has 0 saturated carbocycles. The van der Waals surface area contributed by atoms with E-state index in [2.05, 4.69) is 22.0 Å². The molecule has 2 rings (SSSR count). The van der Waals surface area contributed by atoms with Gasteiger partial charge in [-0.05, 0) is 48.1 Å². The van der Waals surface area contributed by atoms with Gasteiger partial charge in [0.25, 0.3) is 0 Å². The van der Waals surface area contributed by atoms with E-state index in [0.29, 0.717) is 6.42 Å². The highest BCUT2D eigenvalue weighted by molar-refractivity contribution is 9.10. The summed E-state index contributed by atoms with van der Waals surface area (Å²) >= 11 is 4.98. The molecule has 19 heavy (non-hydrogen) atoms. The summed E-state index contributed by atoms with van der Waals surface area (Å²) in [7, 11) is 0. The van der Waals surface area contributed by atoms with E-state index in [9.17, 15) is 4.39 Å². The lowest BCUT2D eigenvalue weighted by Gasteiger charge is -2.15. The average Bonchev–Trinajstić information content (AvgIpc) is 2.37. The first-order valence-corrected chi connectivity index (χ1v) is 7.95. The lowest BCUT2D eigenvalue weighted by Crippen LogP contribution is -2.14. The van der Waals surface area contributed by atoms with Crippen molar-refractivity contribution in [2.45, 2.75) is 17.4 Å². The lowest BCUT2D eigenvalue weighted by molar-refractivity contribution is 0.620. The predicted octanol–water partition coefficient (Wildman–Crippen LogP) is 4.55. The summed E-state index contributed by atoms with van der Waals surface area (Å²) in [6, 6.07) is 12.8. The van der Waals surface area contributed by atoms with Gasteiger partial charge in [-0.1, -0.05) is 34.1 Å². The van der Waals surface area contributed by atoms with Gasteiger partial charge < -0.3 is 5.73 Å². The summed E-state index contributed by atoms with van der Waals surface area (Å²) in [5, 5.41) is 0. The first kappa shape index (κ1) is 14.6. The average molecular weight is 340 g/mol. The van der Waals surface area contributed by atoms with Crippen LogP contribution in [0, 0.1) is 5.82 Å². The van der Waals surface area contributed by atoms with E-state index in [1.54, 1.807) is 11.8 Å². The highest BCUT2D eigenvalue weighted by Gasteiger charge is 2.12. The zero-order valence-electron chi connectivity index (χ0n) is 10.6. The minimum Gasteiger partial charge on any atom is -0.324 e. The minimum atomic E-state index is -0.241. The molecule has 0 aliphatic carbocycles. The molecule has 0 radical (unpaired) electrons. The van der Waals surface area contributed by atoms with Gasteiger partial charge in [0.05, 0.1) is 0 Å². The molecule has 0 aliphatic rings. The zero-order chi connectivity index (χ0) is 13.8. The normalized spacial score (nSPS) is 12.4. The largest absolute Gasteiger partial charge is 0.324 e. The highest BCUT2D eigenvalue weighted by Crippen LogP contribution is 2.27. The van der Waals surface area contributed by atoms with Crippen LogP contribution in [-0.2, 0) is 6.42 Å². The van der Waals surface area contributed by atoms with Crippen molar-refractivity contribution in [3.05, 3.63) is 63.9 Å². The van der Waals surface area contributed by atoms with Gasteiger partial charge in [0, 0.05) is 15.4 Å². The number of hydrogen-bond donors (Lipinski definition) is 1. The van der Waals surface area contributed by atoms with Crippen molar-refractivity contribution in [1.82, 2.24) is 0 Å². The fourth-order valence-corrected chi connectivity index (χ4v) is 3.25. The van der Waals surface area contributed by atoms with Crippen LogP contribution in [0.3, 0.4) is 0 Å². The predicted molar refractivity (Wildman–Crippen MR) is 83.0 cm³/mol. The van der Waals surface area contributed by atoms with E-state index in [0.717, 1.165) is 15.6 Å². The van der Waals surface area contributed by atoms with E-state index < -0.39 is 0 Å².